The molecule has 0 unspecified atom stereocenters. The minimum atomic E-state index is -0.578. The summed E-state index contributed by atoms with van der Waals surface area (Å²) in [4.78, 5) is 11.8. The summed E-state index contributed by atoms with van der Waals surface area (Å²) in [7, 11) is 1.29. The Bertz CT molecular complexity index is 556. The van der Waals surface area contributed by atoms with E-state index in [-0.39, 0.29) is 9.64 Å². The molecule has 1 heterocycles. The van der Waals surface area contributed by atoms with Gasteiger partial charge in [-0.1, -0.05) is 15.9 Å². The number of benzene rings is 1. The molecule has 0 radical (unpaired) electrons. The average Bonchev–Trinajstić information content (AvgIpc) is 2.98. The number of esters is 1. The molecule has 1 saturated heterocycles. The second kappa shape index (κ2) is 4.97. The van der Waals surface area contributed by atoms with Crippen LogP contribution < -0.4 is 0 Å². The van der Waals surface area contributed by atoms with Gasteiger partial charge in [-0.15, -0.1) is 23.5 Å². The molecule has 0 atom stereocenters. The van der Waals surface area contributed by atoms with Crippen molar-refractivity contribution in [3.05, 3.63) is 33.0 Å². The Morgan fingerprint density at radius 3 is 2.79 bits per heavy atom. The summed E-state index contributed by atoms with van der Waals surface area (Å²) in [6, 6.07) is 1.40. The van der Waals surface area contributed by atoms with Crippen molar-refractivity contribution in [2.45, 2.75) is 16.9 Å². The highest BCUT2D eigenvalue weighted by Crippen LogP contribution is 2.61. The number of hydrogen-bond acceptors (Lipinski definition) is 4. The molecule has 0 bridgehead atoms. The largest absolute Gasteiger partial charge is 0.465 e. The SMILES string of the molecule is COC(=O)c1c(F)cc(Br)c2c1CCC21SCCS1. The Morgan fingerprint density at radius 2 is 2.16 bits per heavy atom. The highest BCUT2D eigenvalue weighted by Gasteiger charge is 2.46. The lowest BCUT2D eigenvalue weighted by atomic mass is 10.0. The van der Waals surface area contributed by atoms with Crippen molar-refractivity contribution in [1.29, 1.82) is 0 Å². The lowest BCUT2D eigenvalue weighted by molar-refractivity contribution is 0.0594. The number of rotatable bonds is 1. The van der Waals surface area contributed by atoms with Gasteiger partial charge in [-0.05, 0) is 30.0 Å². The average molecular weight is 363 g/mol. The normalized spacial score (nSPS) is 19.7. The van der Waals surface area contributed by atoms with Gasteiger partial charge in [0.15, 0.2) is 0 Å². The number of hydrogen-bond donors (Lipinski definition) is 0. The number of carbonyl (C=O) groups is 1. The van der Waals surface area contributed by atoms with E-state index in [1.54, 1.807) is 0 Å². The lowest BCUT2D eigenvalue weighted by Gasteiger charge is -2.24. The maximum atomic E-state index is 14.1. The molecular weight excluding hydrogens is 351 g/mol. The summed E-state index contributed by atoms with van der Waals surface area (Å²) < 4.78 is 19.6. The predicted molar refractivity (Wildman–Crippen MR) is 80.4 cm³/mol. The molecule has 1 aromatic rings. The second-order valence-electron chi connectivity index (χ2n) is 4.51. The molecular formula is C13H12BrFO2S2. The summed E-state index contributed by atoms with van der Waals surface area (Å²) in [5, 5.41) is 0. The van der Waals surface area contributed by atoms with Crippen molar-refractivity contribution in [3.8, 4) is 0 Å². The van der Waals surface area contributed by atoms with Gasteiger partial charge in [0.1, 0.15) is 5.82 Å². The topological polar surface area (TPSA) is 26.3 Å². The molecule has 0 aromatic heterocycles. The van der Waals surface area contributed by atoms with Gasteiger partial charge in [-0.25, -0.2) is 9.18 Å². The van der Waals surface area contributed by atoms with Crippen molar-refractivity contribution in [1.82, 2.24) is 0 Å². The molecule has 1 aromatic carbocycles. The van der Waals surface area contributed by atoms with Crippen LogP contribution in [-0.2, 0) is 15.2 Å². The Hall–Kier alpha value is -0.200. The minimum absolute atomic E-state index is 0.00929. The molecule has 0 amide bonds. The summed E-state index contributed by atoms with van der Waals surface area (Å²) in [6.45, 7) is 0. The molecule has 2 aliphatic rings. The van der Waals surface area contributed by atoms with Crippen molar-refractivity contribution < 1.29 is 13.9 Å². The van der Waals surface area contributed by atoms with Crippen LogP contribution in [0.25, 0.3) is 0 Å². The van der Waals surface area contributed by atoms with E-state index in [0.717, 1.165) is 39.9 Å². The number of ether oxygens (including phenoxy) is 1. The Balaban J connectivity index is 2.22. The third-order valence-corrected chi connectivity index (χ3v) is 7.72. The molecule has 0 saturated carbocycles. The van der Waals surface area contributed by atoms with E-state index in [9.17, 15) is 9.18 Å². The molecule has 1 fully saturated rings. The predicted octanol–water partition coefficient (Wildman–Crippen LogP) is 3.95. The summed E-state index contributed by atoms with van der Waals surface area (Å²) in [5.74, 6) is 1.12. The molecule has 1 aliphatic heterocycles. The minimum Gasteiger partial charge on any atom is -0.465 e. The monoisotopic (exact) mass is 362 g/mol. The summed E-state index contributed by atoms with van der Waals surface area (Å²) in [5.41, 5.74) is 2.02. The second-order valence-corrected chi connectivity index (χ2v) is 8.41. The van der Waals surface area contributed by atoms with E-state index in [2.05, 4.69) is 15.9 Å². The first kappa shape index (κ1) is 13.8. The van der Waals surface area contributed by atoms with Crippen LogP contribution in [0.5, 0.6) is 0 Å². The first-order chi connectivity index (χ1) is 9.09. The van der Waals surface area contributed by atoms with E-state index in [0.29, 0.717) is 0 Å². The van der Waals surface area contributed by atoms with Crippen molar-refractivity contribution in [3.63, 3.8) is 0 Å². The molecule has 102 valence electrons. The molecule has 1 aliphatic carbocycles. The zero-order valence-corrected chi connectivity index (χ0v) is 13.5. The molecule has 6 heteroatoms. The van der Waals surface area contributed by atoms with E-state index in [1.165, 1.54) is 13.2 Å². The standard InChI is InChI=1S/C13H12BrFO2S2/c1-17-12(16)10-7-2-3-13(18-4-5-19-13)11(7)8(14)6-9(10)15/h6H,2-5H2,1H3. The van der Waals surface area contributed by atoms with E-state index < -0.39 is 11.8 Å². The molecule has 3 rings (SSSR count). The van der Waals surface area contributed by atoms with Gasteiger partial charge >= 0.3 is 5.97 Å². The first-order valence-electron chi connectivity index (χ1n) is 5.96. The van der Waals surface area contributed by atoms with E-state index in [4.69, 9.17) is 4.74 Å². The van der Waals surface area contributed by atoms with Crippen molar-refractivity contribution in [2.75, 3.05) is 18.6 Å². The quantitative estimate of drug-likeness (QED) is 0.706. The third kappa shape index (κ3) is 2.03. The summed E-state index contributed by atoms with van der Waals surface area (Å²) >= 11 is 7.27. The Kier molecular flexibility index (Phi) is 3.60. The van der Waals surface area contributed by atoms with Crippen LogP contribution in [0.4, 0.5) is 4.39 Å². The number of halogens is 2. The number of carbonyl (C=O) groups excluding carboxylic acids is 1. The van der Waals surface area contributed by atoms with Gasteiger partial charge in [0.2, 0.25) is 0 Å². The third-order valence-electron chi connectivity index (χ3n) is 3.56. The van der Waals surface area contributed by atoms with E-state index in [1.807, 2.05) is 23.5 Å². The van der Waals surface area contributed by atoms with Gasteiger partial charge in [0.05, 0.1) is 16.8 Å². The Labute approximate surface area is 128 Å². The fraction of sp³-hybridized carbons (Fsp3) is 0.462. The van der Waals surface area contributed by atoms with Crippen LogP contribution in [0.1, 0.15) is 27.9 Å². The first-order valence-corrected chi connectivity index (χ1v) is 8.73. The van der Waals surface area contributed by atoms with E-state index >= 15 is 0 Å². The van der Waals surface area contributed by atoms with Crippen LogP contribution in [0.3, 0.4) is 0 Å². The number of fused-ring (bicyclic) bond motifs is 2. The van der Waals surface area contributed by atoms with Gasteiger partial charge < -0.3 is 4.74 Å². The Morgan fingerprint density at radius 1 is 1.47 bits per heavy atom. The number of thioether (sulfide) groups is 2. The van der Waals surface area contributed by atoms with Gasteiger partial charge in [0, 0.05) is 16.0 Å². The molecule has 2 nitrogen and oxygen atoms in total. The van der Waals surface area contributed by atoms with Crippen LogP contribution in [0.15, 0.2) is 10.5 Å². The fourth-order valence-electron chi connectivity index (χ4n) is 2.81. The molecule has 19 heavy (non-hydrogen) atoms. The van der Waals surface area contributed by atoms with Crippen molar-refractivity contribution in [2.24, 2.45) is 0 Å². The zero-order chi connectivity index (χ0) is 13.6. The van der Waals surface area contributed by atoms with Gasteiger partial charge in [0.25, 0.3) is 0 Å². The van der Waals surface area contributed by atoms with Crippen LogP contribution in [-0.4, -0.2) is 24.6 Å². The van der Waals surface area contributed by atoms with Crippen LogP contribution in [0.2, 0.25) is 0 Å². The lowest BCUT2D eigenvalue weighted by Crippen LogP contribution is -2.13. The number of methoxy groups -OCH3 is 1. The highest BCUT2D eigenvalue weighted by molar-refractivity contribution is 9.10. The molecule has 0 N–H and O–H groups in total. The van der Waals surface area contributed by atoms with Gasteiger partial charge in [-0.3, -0.25) is 0 Å². The van der Waals surface area contributed by atoms with Crippen LogP contribution >= 0.6 is 39.5 Å². The zero-order valence-electron chi connectivity index (χ0n) is 10.3. The maximum absolute atomic E-state index is 14.1. The highest BCUT2D eigenvalue weighted by atomic mass is 79.9. The van der Waals surface area contributed by atoms with Crippen molar-refractivity contribution >= 4 is 45.4 Å². The van der Waals surface area contributed by atoms with Gasteiger partial charge in [-0.2, -0.15) is 0 Å². The smallest absolute Gasteiger partial charge is 0.341 e. The van der Waals surface area contributed by atoms with Crippen LogP contribution in [0, 0.1) is 5.82 Å². The summed E-state index contributed by atoms with van der Waals surface area (Å²) in [6.07, 6.45) is 1.68. The molecule has 1 spiro atoms. The fourth-order valence-corrected chi connectivity index (χ4v) is 7.26. The maximum Gasteiger partial charge on any atom is 0.341 e.